The lowest BCUT2D eigenvalue weighted by Crippen LogP contribution is -2.19. The minimum Gasteiger partial charge on any atom is -0.469 e. The van der Waals surface area contributed by atoms with E-state index in [0.717, 1.165) is 7.11 Å². The summed E-state index contributed by atoms with van der Waals surface area (Å²) in [5, 5.41) is 11.0. The summed E-state index contributed by atoms with van der Waals surface area (Å²) in [6.07, 6.45) is 0.433. The van der Waals surface area contributed by atoms with Crippen molar-refractivity contribution in [1.29, 1.82) is 0 Å². The molecule has 7 heteroatoms. The van der Waals surface area contributed by atoms with Crippen LogP contribution in [0.15, 0.2) is 24.3 Å². The number of ether oxygens (including phenoxy) is 1. The molecule has 1 unspecified atom stereocenters. The summed E-state index contributed by atoms with van der Waals surface area (Å²) in [7, 11) is 1.15. The van der Waals surface area contributed by atoms with Crippen LogP contribution in [0.1, 0.15) is 30.7 Å². The first-order valence-corrected chi connectivity index (χ1v) is 6.27. The summed E-state index contributed by atoms with van der Waals surface area (Å²) < 4.78 is 4.62. The second-order valence-electron chi connectivity index (χ2n) is 4.34. The van der Waals surface area contributed by atoms with Crippen molar-refractivity contribution in [2.45, 2.75) is 25.2 Å². The van der Waals surface area contributed by atoms with Gasteiger partial charge >= 0.3 is 5.97 Å². The molecule has 0 saturated heterocycles. The Hall–Kier alpha value is -2.57. The number of carbonyl (C=O) groups is 3. The SMILES string of the molecule is COC(=O)C(CC(=O)CCC=O)c1ccccc1[N+](=O)[O-]. The van der Waals surface area contributed by atoms with Crippen LogP contribution in [0.2, 0.25) is 0 Å². The molecule has 21 heavy (non-hydrogen) atoms. The van der Waals surface area contributed by atoms with Gasteiger partial charge in [0, 0.05) is 30.9 Å². The van der Waals surface area contributed by atoms with Crippen LogP contribution >= 0.6 is 0 Å². The molecule has 0 aliphatic heterocycles. The van der Waals surface area contributed by atoms with Crippen LogP contribution < -0.4 is 0 Å². The molecule has 7 nitrogen and oxygen atoms in total. The predicted octanol–water partition coefficient (Wildman–Crippen LogP) is 1.79. The van der Waals surface area contributed by atoms with E-state index in [1.165, 1.54) is 18.2 Å². The number of Topliss-reactive ketones (excluding diaryl/α,β-unsaturated/α-hetero) is 1. The van der Waals surface area contributed by atoms with Crippen LogP contribution in [0.5, 0.6) is 0 Å². The maximum atomic E-state index is 11.8. The molecule has 0 aromatic heterocycles. The molecular formula is C14H15NO6. The highest BCUT2D eigenvalue weighted by Crippen LogP contribution is 2.30. The fourth-order valence-electron chi connectivity index (χ4n) is 1.96. The molecule has 1 aromatic rings. The molecular weight excluding hydrogens is 278 g/mol. The summed E-state index contributed by atoms with van der Waals surface area (Å²) in [5.74, 6) is -2.09. The molecule has 0 saturated carbocycles. The summed E-state index contributed by atoms with van der Waals surface area (Å²) >= 11 is 0. The molecule has 1 rings (SSSR count). The van der Waals surface area contributed by atoms with E-state index in [4.69, 9.17) is 0 Å². The van der Waals surface area contributed by atoms with E-state index in [1.54, 1.807) is 6.07 Å². The number of carbonyl (C=O) groups excluding carboxylic acids is 3. The Labute approximate surface area is 121 Å². The van der Waals surface area contributed by atoms with E-state index >= 15 is 0 Å². The van der Waals surface area contributed by atoms with Crippen molar-refractivity contribution in [1.82, 2.24) is 0 Å². The minimum absolute atomic E-state index is 0.00236. The highest BCUT2D eigenvalue weighted by Gasteiger charge is 2.30. The van der Waals surface area contributed by atoms with E-state index in [0.29, 0.717) is 6.29 Å². The number of esters is 1. The monoisotopic (exact) mass is 293 g/mol. The van der Waals surface area contributed by atoms with E-state index in [-0.39, 0.29) is 36.3 Å². The molecule has 0 aliphatic carbocycles. The van der Waals surface area contributed by atoms with Gasteiger partial charge in [-0.05, 0) is 0 Å². The van der Waals surface area contributed by atoms with Crippen molar-refractivity contribution in [3.63, 3.8) is 0 Å². The van der Waals surface area contributed by atoms with Gasteiger partial charge in [-0.25, -0.2) is 0 Å². The number of para-hydroxylation sites is 1. The predicted molar refractivity (Wildman–Crippen MR) is 72.8 cm³/mol. The Morgan fingerprint density at radius 1 is 1.38 bits per heavy atom. The van der Waals surface area contributed by atoms with Crippen molar-refractivity contribution in [3.05, 3.63) is 39.9 Å². The number of ketones is 1. The summed E-state index contributed by atoms with van der Waals surface area (Å²) in [6.45, 7) is 0. The zero-order valence-corrected chi connectivity index (χ0v) is 11.5. The standard InChI is InChI=1S/C14H15NO6/c1-21-14(18)12(9-10(17)5-4-8-16)11-6-2-3-7-13(11)15(19)20/h2-3,6-8,12H,4-5,9H2,1H3. The summed E-state index contributed by atoms with van der Waals surface area (Å²) in [6, 6.07) is 5.71. The van der Waals surface area contributed by atoms with Crippen molar-refractivity contribution >= 4 is 23.7 Å². The lowest BCUT2D eigenvalue weighted by Gasteiger charge is -2.14. The second-order valence-corrected chi connectivity index (χ2v) is 4.34. The zero-order valence-electron chi connectivity index (χ0n) is 11.5. The third-order valence-electron chi connectivity index (χ3n) is 2.97. The number of hydrogen-bond donors (Lipinski definition) is 0. The number of nitro groups is 1. The number of nitro benzene ring substituents is 1. The lowest BCUT2D eigenvalue weighted by molar-refractivity contribution is -0.385. The van der Waals surface area contributed by atoms with Crippen LogP contribution in [-0.2, 0) is 19.1 Å². The molecule has 112 valence electrons. The average Bonchev–Trinajstić information content (AvgIpc) is 2.49. The van der Waals surface area contributed by atoms with E-state index in [9.17, 15) is 24.5 Å². The van der Waals surface area contributed by atoms with Gasteiger partial charge in [-0.15, -0.1) is 0 Å². The Morgan fingerprint density at radius 3 is 2.62 bits per heavy atom. The van der Waals surface area contributed by atoms with Crippen molar-refractivity contribution < 1.29 is 24.0 Å². The van der Waals surface area contributed by atoms with E-state index in [2.05, 4.69) is 4.74 Å². The quantitative estimate of drug-likeness (QED) is 0.313. The smallest absolute Gasteiger partial charge is 0.313 e. The van der Waals surface area contributed by atoms with Gasteiger partial charge in [0.1, 0.15) is 12.1 Å². The number of nitrogens with zero attached hydrogens (tertiary/aromatic N) is 1. The Bertz CT molecular complexity index is 554. The van der Waals surface area contributed by atoms with Crippen molar-refractivity contribution in [2.75, 3.05) is 7.11 Å². The Morgan fingerprint density at radius 2 is 2.05 bits per heavy atom. The maximum Gasteiger partial charge on any atom is 0.313 e. The molecule has 0 heterocycles. The van der Waals surface area contributed by atoms with Gasteiger partial charge in [-0.3, -0.25) is 19.7 Å². The van der Waals surface area contributed by atoms with Gasteiger partial charge in [0.2, 0.25) is 0 Å². The highest BCUT2D eigenvalue weighted by atomic mass is 16.6. The van der Waals surface area contributed by atoms with Crippen LogP contribution in [0.4, 0.5) is 5.69 Å². The third-order valence-corrected chi connectivity index (χ3v) is 2.97. The van der Waals surface area contributed by atoms with Crippen LogP contribution in [0, 0.1) is 10.1 Å². The topological polar surface area (TPSA) is 104 Å². The molecule has 0 N–H and O–H groups in total. The normalized spacial score (nSPS) is 11.5. The van der Waals surface area contributed by atoms with Gasteiger partial charge in [0.25, 0.3) is 5.69 Å². The summed E-state index contributed by atoms with van der Waals surface area (Å²) in [5.41, 5.74) is -0.107. The van der Waals surface area contributed by atoms with Gasteiger partial charge in [-0.1, -0.05) is 18.2 Å². The molecule has 0 amide bonds. The molecule has 0 fully saturated rings. The van der Waals surface area contributed by atoms with Gasteiger partial charge in [0.05, 0.1) is 18.0 Å². The minimum atomic E-state index is -1.05. The number of hydrogen-bond acceptors (Lipinski definition) is 6. The number of rotatable bonds is 8. The molecule has 0 aliphatic rings. The molecule has 0 bridgehead atoms. The van der Waals surface area contributed by atoms with Crippen LogP contribution in [0.3, 0.4) is 0 Å². The second kappa shape index (κ2) is 7.88. The van der Waals surface area contributed by atoms with Crippen molar-refractivity contribution in [2.24, 2.45) is 0 Å². The molecule has 1 atom stereocenters. The average molecular weight is 293 g/mol. The van der Waals surface area contributed by atoms with Crippen LogP contribution in [-0.4, -0.2) is 30.1 Å². The number of benzene rings is 1. The molecule has 0 radical (unpaired) electrons. The fraction of sp³-hybridized carbons (Fsp3) is 0.357. The first-order valence-electron chi connectivity index (χ1n) is 6.27. The van der Waals surface area contributed by atoms with Gasteiger partial charge < -0.3 is 9.53 Å². The first-order chi connectivity index (χ1) is 10.0. The Kier molecular flexibility index (Phi) is 6.19. The fourth-order valence-corrected chi connectivity index (χ4v) is 1.96. The van der Waals surface area contributed by atoms with Crippen LogP contribution in [0.25, 0.3) is 0 Å². The summed E-state index contributed by atoms with van der Waals surface area (Å²) in [4.78, 5) is 44.3. The largest absolute Gasteiger partial charge is 0.469 e. The number of methoxy groups -OCH3 is 1. The zero-order chi connectivity index (χ0) is 15.8. The maximum absolute atomic E-state index is 11.8. The first kappa shape index (κ1) is 16.5. The number of aldehydes is 1. The van der Waals surface area contributed by atoms with Gasteiger partial charge in [-0.2, -0.15) is 0 Å². The van der Waals surface area contributed by atoms with E-state index < -0.39 is 16.8 Å². The Balaban J connectivity index is 3.09. The third kappa shape index (κ3) is 4.48. The molecule has 0 spiro atoms. The molecule has 1 aromatic carbocycles. The van der Waals surface area contributed by atoms with E-state index in [1.807, 2.05) is 0 Å². The van der Waals surface area contributed by atoms with Gasteiger partial charge in [0.15, 0.2) is 0 Å². The highest BCUT2D eigenvalue weighted by molar-refractivity contribution is 5.89. The van der Waals surface area contributed by atoms with Crippen molar-refractivity contribution in [3.8, 4) is 0 Å². The lowest BCUT2D eigenvalue weighted by atomic mass is 9.91.